The first-order valence-electron chi connectivity index (χ1n) is 6.60. The molecule has 0 aromatic heterocycles. The van der Waals surface area contributed by atoms with E-state index in [0.717, 1.165) is 5.56 Å². The number of anilines is 1. The van der Waals surface area contributed by atoms with Crippen LogP contribution in [0.25, 0.3) is 0 Å². The minimum Gasteiger partial charge on any atom is -0.481 e. The van der Waals surface area contributed by atoms with Gasteiger partial charge in [0.15, 0.2) is 0 Å². The summed E-state index contributed by atoms with van der Waals surface area (Å²) >= 11 is 0. The smallest absolute Gasteiger partial charge is 0.303 e. The van der Waals surface area contributed by atoms with Crippen molar-refractivity contribution in [3.8, 4) is 0 Å². The fourth-order valence-corrected chi connectivity index (χ4v) is 2.99. The molecule has 1 aromatic rings. The number of carboxylic acid groups (broad SMARTS) is 1. The number of rotatable bonds is 8. The van der Waals surface area contributed by atoms with Crippen molar-refractivity contribution in [1.29, 1.82) is 0 Å². The molecule has 112 valence electrons. The van der Waals surface area contributed by atoms with Crippen LogP contribution in [0.1, 0.15) is 32.3 Å². The molecule has 0 saturated heterocycles. The third-order valence-corrected chi connectivity index (χ3v) is 4.14. The number of benzene rings is 1. The molecule has 0 bridgehead atoms. The summed E-state index contributed by atoms with van der Waals surface area (Å²) in [4.78, 5) is 10.5. The number of nitrogens with one attached hydrogen (secondary N) is 1. The Kier molecular flexibility index (Phi) is 6.01. The topological polar surface area (TPSA) is 83.5 Å². The minimum atomic E-state index is -3.31. The summed E-state index contributed by atoms with van der Waals surface area (Å²) in [5, 5.41) is 8.59. The highest BCUT2D eigenvalue weighted by atomic mass is 32.2. The van der Waals surface area contributed by atoms with Crippen LogP contribution in [-0.2, 0) is 21.2 Å². The van der Waals surface area contributed by atoms with Crippen LogP contribution in [-0.4, -0.2) is 25.2 Å². The van der Waals surface area contributed by atoms with Crippen LogP contribution in [0.5, 0.6) is 0 Å². The standard InChI is InChI=1S/C14H21NO4S/c1-11(2)9-10-20(18,19)15-13-6-3-12(4-7-13)5-8-14(16)17/h3-4,6-7,11,15H,5,8-10H2,1-2H3,(H,16,17). The Balaban J connectivity index is 2.58. The Morgan fingerprint density at radius 2 is 1.85 bits per heavy atom. The zero-order valence-corrected chi connectivity index (χ0v) is 12.6. The van der Waals surface area contributed by atoms with Gasteiger partial charge < -0.3 is 5.11 Å². The molecule has 1 rings (SSSR count). The van der Waals surface area contributed by atoms with Crippen molar-refractivity contribution in [2.24, 2.45) is 5.92 Å². The molecule has 0 aliphatic rings. The van der Waals surface area contributed by atoms with Gasteiger partial charge in [0, 0.05) is 12.1 Å². The van der Waals surface area contributed by atoms with E-state index in [1.54, 1.807) is 24.3 Å². The molecule has 0 fully saturated rings. The lowest BCUT2D eigenvalue weighted by molar-refractivity contribution is -0.136. The highest BCUT2D eigenvalue weighted by molar-refractivity contribution is 7.92. The molecule has 0 saturated carbocycles. The van der Waals surface area contributed by atoms with Crippen LogP contribution in [0, 0.1) is 5.92 Å². The third-order valence-electron chi connectivity index (χ3n) is 2.82. The fourth-order valence-electron chi connectivity index (χ4n) is 1.61. The van der Waals surface area contributed by atoms with Gasteiger partial charge in [-0.3, -0.25) is 9.52 Å². The second kappa shape index (κ2) is 7.28. The molecule has 0 spiro atoms. The van der Waals surface area contributed by atoms with Gasteiger partial charge in [-0.15, -0.1) is 0 Å². The van der Waals surface area contributed by atoms with Crippen LogP contribution in [0.3, 0.4) is 0 Å². The van der Waals surface area contributed by atoms with Crippen LogP contribution in [0.2, 0.25) is 0 Å². The van der Waals surface area contributed by atoms with Crippen molar-refractivity contribution in [3.05, 3.63) is 29.8 Å². The minimum absolute atomic E-state index is 0.0689. The van der Waals surface area contributed by atoms with E-state index in [9.17, 15) is 13.2 Å². The Bertz CT molecular complexity index is 535. The number of hydrogen-bond acceptors (Lipinski definition) is 3. The normalized spacial score (nSPS) is 11.6. The maximum absolute atomic E-state index is 11.8. The van der Waals surface area contributed by atoms with Crippen LogP contribution >= 0.6 is 0 Å². The molecule has 2 N–H and O–H groups in total. The predicted octanol–water partition coefficient (Wildman–Crippen LogP) is 2.49. The van der Waals surface area contributed by atoms with E-state index in [2.05, 4.69) is 4.72 Å². The van der Waals surface area contributed by atoms with Gasteiger partial charge in [-0.2, -0.15) is 0 Å². The average Bonchev–Trinajstić information content (AvgIpc) is 2.35. The molecule has 0 atom stereocenters. The summed E-state index contributed by atoms with van der Waals surface area (Å²) in [5.41, 5.74) is 1.38. The molecule has 0 heterocycles. The number of sulfonamides is 1. The Morgan fingerprint density at radius 3 is 2.35 bits per heavy atom. The Hall–Kier alpha value is -1.56. The van der Waals surface area contributed by atoms with Gasteiger partial charge in [0.05, 0.1) is 5.75 Å². The molecule has 0 aliphatic carbocycles. The van der Waals surface area contributed by atoms with Crippen LogP contribution < -0.4 is 4.72 Å². The SMILES string of the molecule is CC(C)CCS(=O)(=O)Nc1ccc(CCC(=O)O)cc1. The maximum Gasteiger partial charge on any atom is 0.303 e. The van der Waals surface area contributed by atoms with Gasteiger partial charge in [0.1, 0.15) is 0 Å². The van der Waals surface area contributed by atoms with Gasteiger partial charge >= 0.3 is 5.97 Å². The second-order valence-electron chi connectivity index (χ2n) is 5.19. The summed E-state index contributed by atoms with van der Waals surface area (Å²) < 4.78 is 26.2. The van der Waals surface area contributed by atoms with Crippen molar-refractivity contribution < 1.29 is 18.3 Å². The van der Waals surface area contributed by atoms with E-state index in [1.807, 2.05) is 13.8 Å². The van der Waals surface area contributed by atoms with Crippen molar-refractivity contribution in [1.82, 2.24) is 0 Å². The first-order chi connectivity index (χ1) is 9.28. The van der Waals surface area contributed by atoms with Gasteiger partial charge in [-0.25, -0.2) is 8.42 Å². The molecular weight excluding hydrogens is 278 g/mol. The number of aryl methyl sites for hydroxylation is 1. The van der Waals surface area contributed by atoms with E-state index in [-0.39, 0.29) is 12.2 Å². The first kappa shape index (κ1) is 16.5. The molecule has 6 heteroatoms. The zero-order chi connectivity index (χ0) is 15.2. The lowest BCUT2D eigenvalue weighted by Gasteiger charge is -2.10. The highest BCUT2D eigenvalue weighted by Crippen LogP contribution is 2.14. The van der Waals surface area contributed by atoms with E-state index >= 15 is 0 Å². The van der Waals surface area contributed by atoms with Gasteiger partial charge in [0.25, 0.3) is 0 Å². The number of carbonyl (C=O) groups is 1. The van der Waals surface area contributed by atoms with Gasteiger partial charge in [-0.1, -0.05) is 26.0 Å². The fraction of sp³-hybridized carbons (Fsp3) is 0.500. The predicted molar refractivity (Wildman–Crippen MR) is 79.3 cm³/mol. The summed E-state index contributed by atoms with van der Waals surface area (Å²) in [6.45, 7) is 3.96. The van der Waals surface area contributed by atoms with Crippen LogP contribution in [0.15, 0.2) is 24.3 Å². The summed E-state index contributed by atoms with van der Waals surface area (Å²) in [5.74, 6) is -0.403. The number of hydrogen-bond donors (Lipinski definition) is 2. The molecule has 1 aromatic carbocycles. The Morgan fingerprint density at radius 1 is 1.25 bits per heavy atom. The Labute approximate surface area is 120 Å². The number of aliphatic carboxylic acids is 1. The molecule has 5 nitrogen and oxygen atoms in total. The molecular formula is C14H21NO4S. The van der Waals surface area contributed by atoms with Crippen LogP contribution in [0.4, 0.5) is 5.69 Å². The lowest BCUT2D eigenvalue weighted by Crippen LogP contribution is -2.17. The number of carboxylic acids is 1. The van der Waals surface area contributed by atoms with E-state index in [1.165, 1.54) is 0 Å². The molecule has 0 unspecified atom stereocenters. The summed E-state index contributed by atoms with van der Waals surface area (Å²) in [7, 11) is -3.31. The van der Waals surface area contributed by atoms with Crippen molar-refractivity contribution >= 4 is 21.7 Å². The average molecular weight is 299 g/mol. The lowest BCUT2D eigenvalue weighted by atomic mass is 10.1. The van der Waals surface area contributed by atoms with E-state index in [4.69, 9.17) is 5.11 Å². The molecule has 0 aliphatic heterocycles. The monoisotopic (exact) mass is 299 g/mol. The van der Waals surface area contributed by atoms with Crippen molar-refractivity contribution in [2.45, 2.75) is 33.1 Å². The third kappa shape index (κ3) is 6.56. The van der Waals surface area contributed by atoms with Gasteiger partial charge in [0.2, 0.25) is 10.0 Å². The summed E-state index contributed by atoms with van der Waals surface area (Å²) in [6, 6.07) is 6.79. The van der Waals surface area contributed by atoms with E-state index in [0.29, 0.717) is 24.4 Å². The largest absolute Gasteiger partial charge is 0.481 e. The molecule has 0 radical (unpaired) electrons. The van der Waals surface area contributed by atoms with Crippen molar-refractivity contribution in [2.75, 3.05) is 10.5 Å². The summed E-state index contributed by atoms with van der Waals surface area (Å²) in [6.07, 6.45) is 1.13. The quantitative estimate of drug-likeness (QED) is 0.772. The maximum atomic E-state index is 11.8. The highest BCUT2D eigenvalue weighted by Gasteiger charge is 2.11. The molecule has 20 heavy (non-hydrogen) atoms. The van der Waals surface area contributed by atoms with E-state index < -0.39 is 16.0 Å². The second-order valence-corrected chi connectivity index (χ2v) is 7.04. The zero-order valence-electron chi connectivity index (χ0n) is 11.8. The first-order valence-corrected chi connectivity index (χ1v) is 8.25. The van der Waals surface area contributed by atoms with Gasteiger partial charge in [-0.05, 0) is 36.5 Å². The van der Waals surface area contributed by atoms with Crippen molar-refractivity contribution in [3.63, 3.8) is 0 Å². The molecule has 0 amide bonds.